The zero-order valence-electron chi connectivity index (χ0n) is 21.7. The van der Waals surface area contributed by atoms with Gasteiger partial charge in [-0.25, -0.2) is 0 Å². The fraction of sp³-hybridized carbons (Fsp3) is 0.519. The summed E-state index contributed by atoms with van der Waals surface area (Å²) >= 11 is 0. The van der Waals surface area contributed by atoms with E-state index in [1.54, 1.807) is 28.3 Å². The molecule has 198 valence electrons. The fourth-order valence-electron chi connectivity index (χ4n) is 4.93. The lowest BCUT2D eigenvalue weighted by atomic mass is 9.96. The number of fused-ring (bicyclic) bond motifs is 1. The second-order valence-corrected chi connectivity index (χ2v) is 9.75. The first-order chi connectivity index (χ1) is 17.8. The average Bonchev–Trinajstić information content (AvgIpc) is 3.26. The summed E-state index contributed by atoms with van der Waals surface area (Å²) in [4.78, 5) is 54.5. The van der Waals surface area contributed by atoms with E-state index in [1.165, 1.54) is 6.07 Å². The van der Waals surface area contributed by atoms with E-state index in [2.05, 4.69) is 16.5 Å². The molecule has 1 aromatic carbocycles. The van der Waals surface area contributed by atoms with Crippen molar-refractivity contribution in [2.45, 2.75) is 59.2 Å². The number of carbonyl (C=O) groups is 4. The number of benzene rings is 1. The van der Waals surface area contributed by atoms with Crippen LogP contribution in [0.5, 0.6) is 0 Å². The van der Waals surface area contributed by atoms with Crippen molar-refractivity contribution in [2.75, 3.05) is 26.2 Å². The number of likely N-dealkylation sites (tertiary alicyclic amines) is 1. The van der Waals surface area contributed by atoms with Crippen LogP contribution in [0, 0.1) is 12.8 Å². The van der Waals surface area contributed by atoms with Crippen molar-refractivity contribution in [3.8, 4) is 0 Å². The number of ether oxygens (including phenoxy) is 1. The molecule has 4 rings (SSSR count). The summed E-state index contributed by atoms with van der Waals surface area (Å²) in [6.45, 7) is 8.27. The van der Waals surface area contributed by atoms with E-state index < -0.39 is 11.9 Å². The van der Waals surface area contributed by atoms with E-state index in [0.29, 0.717) is 57.9 Å². The standard InChI is InChI=1S/C27H35N5O5/c1-4-37-27(36)21-9-13-30(14-10-21)25(34)19(3)28-24(33)22-16-23-26(35)31(11-6-12-32(23)29-22)17-20-8-5-7-18(2)15-20/h5,7-8,15-16,19,21H,4,6,9-14,17H2,1-3H3,(H,28,33). The topological polar surface area (TPSA) is 114 Å². The predicted molar refractivity (Wildman–Crippen MR) is 136 cm³/mol. The van der Waals surface area contributed by atoms with Gasteiger partial charge in [0.1, 0.15) is 11.7 Å². The Kier molecular flexibility index (Phi) is 8.25. The van der Waals surface area contributed by atoms with Crippen molar-refractivity contribution >= 4 is 23.7 Å². The van der Waals surface area contributed by atoms with Crippen LogP contribution >= 0.6 is 0 Å². The molecule has 3 heterocycles. The van der Waals surface area contributed by atoms with Crippen LogP contribution in [-0.2, 0) is 27.4 Å². The van der Waals surface area contributed by atoms with Crippen LogP contribution in [0.4, 0.5) is 0 Å². The molecule has 1 aromatic heterocycles. The van der Waals surface area contributed by atoms with Crippen LogP contribution in [0.15, 0.2) is 30.3 Å². The SMILES string of the molecule is CCOC(=O)C1CCN(C(=O)C(C)NC(=O)c2cc3n(n2)CCCN(Cc2cccc(C)c2)C3=O)CC1. The highest BCUT2D eigenvalue weighted by Gasteiger charge is 2.32. The number of amides is 3. The van der Waals surface area contributed by atoms with E-state index in [9.17, 15) is 19.2 Å². The highest BCUT2D eigenvalue weighted by Crippen LogP contribution is 2.20. The molecule has 0 aliphatic carbocycles. The van der Waals surface area contributed by atoms with Gasteiger partial charge in [-0.15, -0.1) is 0 Å². The Labute approximate surface area is 216 Å². The van der Waals surface area contributed by atoms with E-state index >= 15 is 0 Å². The van der Waals surface area contributed by atoms with Gasteiger partial charge in [-0.1, -0.05) is 29.8 Å². The fourth-order valence-corrected chi connectivity index (χ4v) is 4.93. The summed E-state index contributed by atoms with van der Waals surface area (Å²) in [5, 5.41) is 7.09. The molecule has 1 N–H and O–H groups in total. The van der Waals surface area contributed by atoms with Gasteiger partial charge in [0.25, 0.3) is 11.8 Å². The van der Waals surface area contributed by atoms with Gasteiger partial charge in [-0.2, -0.15) is 5.10 Å². The lowest BCUT2D eigenvalue weighted by molar-refractivity contribution is -0.151. The number of aromatic nitrogens is 2. The second kappa shape index (κ2) is 11.6. The van der Waals surface area contributed by atoms with Crippen LogP contribution in [0.1, 0.15) is 65.2 Å². The summed E-state index contributed by atoms with van der Waals surface area (Å²) < 4.78 is 6.67. The number of aryl methyl sites for hydroxylation is 2. The molecule has 1 atom stereocenters. The molecule has 1 saturated heterocycles. The smallest absolute Gasteiger partial charge is 0.309 e. The van der Waals surface area contributed by atoms with Gasteiger partial charge in [0.15, 0.2) is 5.69 Å². The van der Waals surface area contributed by atoms with Gasteiger partial charge in [0, 0.05) is 38.8 Å². The van der Waals surface area contributed by atoms with Crippen LogP contribution < -0.4 is 5.32 Å². The first-order valence-electron chi connectivity index (χ1n) is 13.0. The molecule has 1 fully saturated rings. The maximum absolute atomic E-state index is 13.3. The maximum atomic E-state index is 13.3. The molecule has 0 spiro atoms. The minimum atomic E-state index is -0.762. The quantitative estimate of drug-likeness (QED) is 0.572. The van der Waals surface area contributed by atoms with Crippen molar-refractivity contribution in [1.82, 2.24) is 24.9 Å². The molecule has 0 bridgehead atoms. The van der Waals surface area contributed by atoms with Crippen molar-refractivity contribution in [1.29, 1.82) is 0 Å². The molecule has 0 saturated carbocycles. The van der Waals surface area contributed by atoms with Crippen molar-refractivity contribution < 1.29 is 23.9 Å². The molecule has 2 aliphatic heterocycles. The highest BCUT2D eigenvalue weighted by molar-refractivity contribution is 5.99. The molecule has 37 heavy (non-hydrogen) atoms. The number of carbonyl (C=O) groups excluding carboxylic acids is 4. The van der Waals surface area contributed by atoms with Gasteiger partial charge >= 0.3 is 5.97 Å². The van der Waals surface area contributed by atoms with Crippen molar-refractivity contribution in [2.24, 2.45) is 5.92 Å². The normalized spacial score (nSPS) is 17.1. The van der Waals surface area contributed by atoms with E-state index in [4.69, 9.17) is 4.74 Å². The first-order valence-corrected chi connectivity index (χ1v) is 13.0. The summed E-state index contributed by atoms with van der Waals surface area (Å²) in [7, 11) is 0. The lowest BCUT2D eigenvalue weighted by Gasteiger charge is -2.32. The Morgan fingerprint density at radius 2 is 1.89 bits per heavy atom. The molecule has 1 unspecified atom stereocenters. The molecule has 10 nitrogen and oxygen atoms in total. The number of rotatable bonds is 7. The Balaban J connectivity index is 1.36. The van der Waals surface area contributed by atoms with Gasteiger partial charge in [0.2, 0.25) is 5.91 Å². The second-order valence-electron chi connectivity index (χ2n) is 9.75. The minimum Gasteiger partial charge on any atom is -0.466 e. The maximum Gasteiger partial charge on any atom is 0.309 e. The Morgan fingerprint density at radius 1 is 1.14 bits per heavy atom. The molecule has 2 aliphatic rings. The van der Waals surface area contributed by atoms with Crippen molar-refractivity contribution in [3.63, 3.8) is 0 Å². The number of nitrogens with zero attached hydrogens (tertiary/aromatic N) is 4. The Bertz CT molecular complexity index is 1170. The number of esters is 1. The third kappa shape index (κ3) is 6.18. The summed E-state index contributed by atoms with van der Waals surface area (Å²) in [5.74, 6) is -1.29. The number of hydrogen-bond acceptors (Lipinski definition) is 6. The third-order valence-corrected chi connectivity index (χ3v) is 6.92. The molecular weight excluding hydrogens is 474 g/mol. The molecule has 3 amide bonds. The summed E-state index contributed by atoms with van der Waals surface area (Å²) in [6.07, 6.45) is 1.81. The van der Waals surface area contributed by atoms with Gasteiger partial charge < -0.3 is 19.9 Å². The van der Waals surface area contributed by atoms with E-state index in [-0.39, 0.29) is 29.4 Å². The van der Waals surface area contributed by atoms with Crippen LogP contribution in [-0.4, -0.2) is 75.6 Å². The molecule has 0 radical (unpaired) electrons. The van der Waals surface area contributed by atoms with Crippen LogP contribution in [0.3, 0.4) is 0 Å². The lowest BCUT2D eigenvalue weighted by Crippen LogP contribution is -2.50. The number of piperidine rings is 1. The van der Waals surface area contributed by atoms with Crippen LogP contribution in [0.25, 0.3) is 0 Å². The monoisotopic (exact) mass is 509 g/mol. The first kappa shape index (κ1) is 26.4. The van der Waals surface area contributed by atoms with Gasteiger partial charge in [-0.3, -0.25) is 23.9 Å². The number of nitrogens with one attached hydrogen (secondary N) is 1. The highest BCUT2D eigenvalue weighted by atomic mass is 16.5. The zero-order chi connectivity index (χ0) is 26.5. The summed E-state index contributed by atoms with van der Waals surface area (Å²) in [6, 6.07) is 8.80. The molecular formula is C27H35N5O5. The van der Waals surface area contributed by atoms with Gasteiger partial charge in [0.05, 0.1) is 12.5 Å². The molecule has 2 aromatic rings. The Hall–Kier alpha value is -3.69. The van der Waals surface area contributed by atoms with Gasteiger partial charge in [-0.05, 0) is 45.6 Å². The summed E-state index contributed by atoms with van der Waals surface area (Å²) in [5.41, 5.74) is 2.67. The number of hydrogen-bond donors (Lipinski definition) is 1. The largest absolute Gasteiger partial charge is 0.466 e. The van der Waals surface area contributed by atoms with E-state index in [1.807, 2.05) is 25.1 Å². The van der Waals surface area contributed by atoms with Crippen molar-refractivity contribution in [3.05, 3.63) is 52.8 Å². The minimum absolute atomic E-state index is 0.112. The third-order valence-electron chi connectivity index (χ3n) is 6.92. The van der Waals surface area contributed by atoms with E-state index in [0.717, 1.165) is 17.5 Å². The average molecular weight is 510 g/mol. The molecule has 10 heteroatoms. The van der Waals surface area contributed by atoms with Crippen LogP contribution in [0.2, 0.25) is 0 Å². The predicted octanol–water partition coefficient (Wildman–Crippen LogP) is 2.16. The Morgan fingerprint density at radius 3 is 2.59 bits per heavy atom. The zero-order valence-corrected chi connectivity index (χ0v) is 21.7.